The van der Waals surface area contributed by atoms with Crippen LogP contribution in [0.4, 0.5) is 0 Å². The zero-order valence-corrected chi connectivity index (χ0v) is 13.7. The smallest absolute Gasteiger partial charge is 0.142 e. The second kappa shape index (κ2) is 7.77. The molecule has 2 nitrogen and oxygen atoms in total. The van der Waals surface area contributed by atoms with Gasteiger partial charge in [0.05, 0.1) is 10.9 Å². The van der Waals surface area contributed by atoms with Gasteiger partial charge in [-0.1, -0.05) is 39.7 Å². The Morgan fingerprint density at radius 2 is 1.65 bits per heavy atom. The number of benzene rings is 2. The predicted molar refractivity (Wildman–Crippen MR) is 86.1 cm³/mol. The molecule has 0 aromatic heterocycles. The molecule has 0 atom stereocenters. The first-order valence-corrected chi connectivity index (χ1v) is 7.76. The molecule has 0 spiro atoms. The van der Waals surface area contributed by atoms with Crippen molar-refractivity contribution < 1.29 is 9.47 Å². The standard InChI is InChI=1S/C15H13BrCl2O2/c16-12-4-6-13(7-5-12)19-8-9-20-15-11(10-17)2-1-3-14(15)18/h1-7H,8-10H2. The summed E-state index contributed by atoms with van der Waals surface area (Å²) >= 11 is 15.3. The number of para-hydroxylation sites is 1. The van der Waals surface area contributed by atoms with E-state index in [1.54, 1.807) is 6.07 Å². The minimum atomic E-state index is 0.365. The van der Waals surface area contributed by atoms with Crippen LogP contribution in [-0.4, -0.2) is 13.2 Å². The lowest BCUT2D eigenvalue weighted by molar-refractivity contribution is 0.216. The van der Waals surface area contributed by atoms with E-state index in [0.29, 0.717) is 29.9 Å². The van der Waals surface area contributed by atoms with Crippen LogP contribution in [0.3, 0.4) is 0 Å². The van der Waals surface area contributed by atoms with E-state index >= 15 is 0 Å². The van der Waals surface area contributed by atoms with Gasteiger partial charge in [0.25, 0.3) is 0 Å². The van der Waals surface area contributed by atoms with Gasteiger partial charge < -0.3 is 9.47 Å². The van der Waals surface area contributed by atoms with Crippen molar-refractivity contribution in [1.82, 2.24) is 0 Å². The summed E-state index contributed by atoms with van der Waals surface area (Å²) in [6, 6.07) is 13.2. The van der Waals surface area contributed by atoms with Crippen LogP contribution >= 0.6 is 39.1 Å². The fourth-order valence-electron chi connectivity index (χ4n) is 1.65. The molecule has 0 radical (unpaired) electrons. The fourth-order valence-corrected chi connectivity index (χ4v) is 2.38. The summed E-state index contributed by atoms with van der Waals surface area (Å²) in [6.07, 6.45) is 0. The number of ether oxygens (including phenoxy) is 2. The minimum Gasteiger partial charge on any atom is -0.490 e. The van der Waals surface area contributed by atoms with Crippen molar-refractivity contribution in [3.63, 3.8) is 0 Å². The Morgan fingerprint density at radius 1 is 0.950 bits per heavy atom. The molecule has 0 heterocycles. The van der Waals surface area contributed by atoms with E-state index < -0.39 is 0 Å². The maximum absolute atomic E-state index is 6.09. The SMILES string of the molecule is ClCc1cccc(Cl)c1OCCOc1ccc(Br)cc1. The molecule has 0 saturated carbocycles. The maximum Gasteiger partial charge on any atom is 0.142 e. The summed E-state index contributed by atoms with van der Waals surface area (Å²) in [5, 5.41) is 0.562. The third-order valence-corrected chi connectivity index (χ3v) is 3.72. The Balaban J connectivity index is 1.86. The fraction of sp³-hybridized carbons (Fsp3) is 0.200. The number of hydrogen-bond acceptors (Lipinski definition) is 2. The number of hydrogen-bond donors (Lipinski definition) is 0. The van der Waals surface area contributed by atoms with Gasteiger partial charge in [0.15, 0.2) is 0 Å². The van der Waals surface area contributed by atoms with Gasteiger partial charge in [-0.15, -0.1) is 11.6 Å². The first kappa shape index (κ1) is 15.5. The van der Waals surface area contributed by atoms with Crippen LogP contribution < -0.4 is 9.47 Å². The summed E-state index contributed by atoms with van der Waals surface area (Å²) in [7, 11) is 0. The highest BCUT2D eigenvalue weighted by Gasteiger charge is 2.07. The van der Waals surface area contributed by atoms with Gasteiger partial charge >= 0.3 is 0 Å². The molecular formula is C15H13BrCl2O2. The molecule has 2 aromatic rings. The Bertz CT molecular complexity index is 558. The van der Waals surface area contributed by atoms with Gasteiger partial charge in [0.2, 0.25) is 0 Å². The van der Waals surface area contributed by atoms with Crippen molar-refractivity contribution in [1.29, 1.82) is 0 Å². The molecule has 0 aliphatic heterocycles. The van der Waals surface area contributed by atoms with Crippen LogP contribution in [0, 0.1) is 0 Å². The highest BCUT2D eigenvalue weighted by molar-refractivity contribution is 9.10. The molecule has 0 saturated heterocycles. The number of halogens is 3. The molecular weight excluding hydrogens is 363 g/mol. The van der Waals surface area contributed by atoms with Crippen molar-refractivity contribution in [2.24, 2.45) is 0 Å². The molecule has 106 valence electrons. The molecule has 5 heteroatoms. The normalized spacial score (nSPS) is 10.3. The quantitative estimate of drug-likeness (QED) is 0.503. The predicted octanol–water partition coefficient (Wildman–Crippen LogP) is 5.30. The second-order valence-corrected chi connectivity index (χ2v) is 5.60. The Labute approximate surface area is 136 Å². The van der Waals surface area contributed by atoms with Crippen molar-refractivity contribution in [2.75, 3.05) is 13.2 Å². The molecule has 0 unspecified atom stereocenters. The second-order valence-electron chi connectivity index (χ2n) is 4.01. The van der Waals surface area contributed by atoms with Crippen LogP contribution in [0.2, 0.25) is 5.02 Å². The van der Waals surface area contributed by atoms with Gasteiger partial charge in [-0.3, -0.25) is 0 Å². The molecule has 2 rings (SSSR count). The summed E-state index contributed by atoms with van der Waals surface area (Å²) < 4.78 is 12.2. The summed E-state index contributed by atoms with van der Waals surface area (Å²) in [4.78, 5) is 0. The largest absolute Gasteiger partial charge is 0.490 e. The third-order valence-electron chi connectivity index (χ3n) is 2.60. The van der Waals surface area contributed by atoms with Gasteiger partial charge in [-0.05, 0) is 30.3 Å². The molecule has 0 aliphatic rings. The average molecular weight is 376 g/mol. The zero-order valence-electron chi connectivity index (χ0n) is 10.6. The Kier molecular flexibility index (Phi) is 6.02. The summed E-state index contributed by atoms with van der Waals surface area (Å²) in [6.45, 7) is 0.846. The van der Waals surface area contributed by atoms with E-state index in [0.717, 1.165) is 15.8 Å². The lowest BCUT2D eigenvalue weighted by atomic mass is 10.2. The monoisotopic (exact) mass is 374 g/mol. The van der Waals surface area contributed by atoms with Crippen molar-refractivity contribution in [3.8, 4) is 11.5 Å². The first-order chi connectivity index (χ1) is 9.70. The van der Waals surface area contributed by atoms with Crippen LogP contribution in [0.25, 0.3) is 0 Å². The Hall–Kier alpha value is -0.900. The number of rotatable bonds is 6. The van der Waals surface area contributed by atoms with E-state index in [9.17, 15) is 0 Å². The van der Waals surface area contributed by atoms with Crippen molar-refractivity contribution in [2.45, 2.75) is 5.88 Å². The van der Waals surface area contributed by atoms with Crippen LogP contribution in [-0.2, 0) is 5.88 Å². The van der Waals surface area contributed by atoms with E-state index in [4.69, 9.17) is 32.7 Å². The summed E-state index contributed by atoms with van der Waals surface area (Å²) in [5.41, 5.74) is 0.878. The molecule has 2 aromatic carbocycles. The molecule has 20 heavy (non-hydrogen) atoms. The average Bonchev–Trinajstić information content (AvgIpc) is 2.46. The van der Waals surface area contributed by atoms with E-state index in [1.807, 2.05) is 36.4 Å². The topological polar surface area (TPSA) is 18.5 Å². The van der Waals surface area contributed by atoms with Crippen molar-refractivity contribution >= 4 is 39.1 Å². The van der Waals surface area contributed by atoms with Gasteiger partial charge in [-0.2, -0.15) is 0 Å². The van der Waals surface area contributed by atoms with Gasteiger partial charge in [0, 0.05) is 10.0 Å². The lowest BCUT2D eigenvalue weighted by Gasteiger charge is -2.12. The van der Waals surface area contributed by atoms with E-state index in [1.165, 1.54) is 0 Å². The molecule has 0 aliphatic carbocycles. The third kappa shape index (κ3) is 4.30. The lowest BCUT2D eigenvalue weighted by Crippen LogP contribution is -2.10. The van der Waals surface area contributed by atoms with E-state index in [2.05, 4.69) is 15.9 Å². The first-order valence-electron chi connectivity index (χ1n) is 6.05. The number of alkyl halides is 1. The zero-order chi connectivity index (χ0) is 14.4. The highest BCUT2D eigenvalue weighted by atomic mass is 79.9. The van der Waals surface area contributed by atoms with Crippen LogP contribution in [0.5, 0.6) is 11.5 Å². The van der Waals surface area contributed by atoms with Crippen LogP contribution in [0.15, 0.2) is 46.9 Å². The molecule has 0 fully saturated rings. The van der Waals surface area contributed by atoms with Gasteiger partial charge in [-0.25, -0.2) is 0 Å². The van der Waals surface area contributed by atoms with Gasteiger partial charge in [0.1, 0.15) is 24.7 Å². The van der Waals surface area contributed by atoms with Crippen LogP contribution in [0.1, 0.15) is 5.56 Å². The molecule has 0 amide bonds. The highest BCUT2D eigenvalue weighted by Crippen LogP contribution is 2.29. The molecule has 0 bridgehead atoms. The maximum atomic E-state index is 6.09. The minimum absolute atomic E-state index is 0.365. The summed E-state index contributed by atoms with van der Waals surface area (Å²) in [5.74, 6) is 1.79. The Morgan fingerprint density at radius 3 is 2.35 bits per heavy atom. The van der Waals surface area contributed by atoms with Crippen molar-refractivity contribution in [3.05, 3.63) is 57.5 Å². The molecule has 0 N–H and O–H groups in total. The van der Waals surface area contributed by atoms with E-state index in [-0.39, 0.29) is 0 Å².